The number of benzene rings is 2. The van der Waals surface area contributed by atoms with Gasteiger partial charge in [0.1, 0.15) is 18.8 Å². The van der Waals surface area contributed by atoms with Gasteiger partial charge in [0.05, 0.1) is 0 Å². The number of hydrogen-bond acceptors (Lipinski definition) is 6. The monoisotopic (exact) mass is 454 g/mol. The topological polar surface area (TPSA) is 85.4 Å². The molecule has 0 radical (unpaired) electrons. The Morgan fingerprint density at radius 2 is 1.36 bits per heavy atom. The van der Waals surface area contributed by atoms with E-state index in [4.69, 9.17) is 14.2 Å². The maximum absolute atomic E-state index is 13.1. The summed E-state index contributed by atoms with van der Waals surface area (Å²) in [5.74, 6) is -0.597. The lowest BCUT2D eigenvalue weighted by atomic mass is 10.1. The molecule has 1 saturated heterocycles. The summed E-state index contributed by atoms with van der Waals surface area (Å²) >= 11 is 0. The fraction of sp³-hybridized carbons (Fsp3) is 0.400. The Morgan fingerprint density at radius 1 is 0.848 bits per heavy atom. The van der Waals surface area contributed by atoms with Crippen molar-refractivity contribution in [2.75, 3.05) is 6.54 Å². The van der Waals surface area contributed by atoms with Gasteiger partial charge in [-0.3, -0.25) is 0 Å². The second-order valence-electron chi connectivity index (χ2n) is 8.74. The molecule has 8 nitrogen and oxygen atoms in total. The molecule has 2 aromatic rings. The number of hydrazine groups is 1. The van der Waals surface area contributed by atoms with Gasteiger partial charge < -0.3 is 14.2 Å². The van der Waals surface area contributed by atoms with Crippen molar-refractivity contribution >= 4 is 18.2 Å². The van der Waals surface area contributed by atoms with Crippen LogP contribution in [0.25, 0.3) is 0 Å². The van der Waals surface area contributed by atoms with Crippen LogP contribution in [0.2, 0.25) is 0 Å². The number of amides is 2. The Bertz CT molecular complexity index is 942. The molecular weight excluding hydrogens is 424 g/mol. The van der Waals surface area contributed by atoms with Crippen LogP contribution in [-0.4, -0.2) is 46.4 Å². The number of ether oxygens (including phenoxy) is 3. The van der Waals surface area contributed by atoms with E-state index >= 15 is 0 Å². The van der Waals surface area contributed by atoms with Gasteiger partial charge in [0.2, 0.25) is 0 Å². The predicted octanol–water partition coefficient (Wildman–Crippen LogP) is 4.68. The SMILES string of the molecule is CC(C)(C)OC(=O)[C@H]1CCCN(C(=O)OCc2ccccc2)N1C(=O)OCc1ccccc1. The van der Waals surface area contributed by atoms with Crippen LogP contribution in [0.4, 0.5) is 9.59 Å². The first kappa shape index (κ1) is 24.1. The highest BCUT2D eigenvalue weighted by molar-refractivity contribution is 5.83. The molecule has 0 unspecified atom stereocenters. The van der Waals surface area contributed by atoms with Crippen LogP contribution in [0.15, 0.2) is 60.7 Å². The van der Waals surface area contributed by atoms with Gasteiger partial charge in [-0.15, -0.1) is 0 Å². The minimum Gasteiger partial charge on any atom is -0.458 e. The fourth-order valence-electron chi connectivity index (χ4n) is 3.40. The van der Waals surface area contributed by atoms with Crippen LogP contribution in [0, 0.1) is 0 Å². The lowest BCUT2D eigenvalue weighted by Gasteiger charge is -2.41. The molecular formula is C25H30N2O6. The Kier molecular flexibility index (Phi) is 7.92. The van der Waals surface area contributed by atoms with Gasteiger partial charge >= 0.3 is 18.2 Å². The molecule has 0 bridgehead atoms. The molecule has 1 aliphatic rings. The van der Waals surface area contributed by atoms with E-state index in [1.807, 2.05) is 60.7 Å². The van der Waals surface area contributed by atoms with Gasteiger partial charge in [-0.1, -0.05) is 60.7 Å². The van der Waals surface area contributed by atoms with Crippen LogP contribution in [0.1, 0.15) is 44.7 Å². The summed E-state index contributed by atoms with van der Waals surface area (Å²) in [7, 11) is 0. The second-order valence-corrected chi connectivity index (χ2v) is 8.74. The minimum atomic E-state index is -0.995. The van der Waals surface area contributed by atoms with Crippen LogP contribution < -0.4 is 0 Å². The van der Waals surface area contributed by atoms with Crippen LogP contribution in [-0.2, 0) is 32.2 Å². The molecule has 2 amide bonds. The third kappa shape index (κ3) is 6.97. The third-order valence-electron chi connectivity index (χ3n) is 4.89. The number of carbonyl (C=O) groups is 3. The molecule has 0 aliphatic carbocycles. The third-order valence-corrected chi connectivity index (χ3v) is 4.89. The molecule has 1 aliphatic heterocycles. The number of esters is 1. The molecule has 1 atom stereocenters. The summed E-state index contributed by atoms with van der Waals surface area (Å²) in [5.41, 5.74) is 0.854. The standard InChI is InChI=1S/C25H30N2O6/c1-25(2,3)33-22(28)21-15-10-16-26(23(29)31-17-19-11-6-4-7-12-19)27(21)24(30)32-18-20-13-8-5-9-14-20/h4-9,11-14,21H,10,15-18H2,1-3H3/t21-/m1/s1. The van der Waals surface area contributed by atoms with E-state index in [2.05, 4.69) is 0 Å². The summed E-state index contributed by atoms with van der Waals surface area (Å²) in [6.07, 6.45) is -0.695. The average Bonchev–Trinajstić information content (AvgIpc) is 2.80. The van der Waals surface area contributed by atoms with Gasteiger partial charge in [-0.05, 0) is 44.7 Å². The largest absolute Gasteiger partial charge is 0.458 e. The molecule has 33 heavy (non-hydrogen) atoms. The van der Waals surface area contributed by atoms with E-state index in [9.17, 15) is 14.4 Å². The lowest BCUT2D eigenvalue weighted by Crippen LogP contribution is -2.61. The zero-order valence-electron chi connectivity index (χ0n) is 19.2. The first-order chi connectivity index (χ1) is 15.7. The average molecular weight is 455 g/mol. The molecule has 0 N–H and O–H groups in total. The Hall–Kier alpha value is -3.55. The van der Waals surface area contributed by atoms with Crippen molar-refractivity contribution in [3.8, 4) is 0 Å². The van der Waals surface area contributed by atoms with Gasteiger partial charge in [0.25, 0.3) is 0 Å². The quantitative estimate of drug-likeness (QED) is 0.482. The summed E-state index contributed by atoms with van der Waals surface area (Å²) in [6.45, 7) is 5.50. The van der Waals surface area contributed by atoms with E-state index in [0.717, 1.165) is 21.1 Å². The van der Waals surface area contributed by atoms with Gasteiger partial charge in [-0.25, -0.2) is 19.4 Å². The highest BCUT2D eigenvalue weighted by atomic mass is 16.6. The molecule has 0 aromatic heterocycles. The Morgan fingerprint density at radius 3 is 1.88 bits per heavy atom. The van der Waals surface area contributed by atoms with Crippen molar-refractivity contribution in [3.63, 3.8) is 0 Å². The van der Waals surface area contributed by atoms with Crippen LogP contribution >= 0.6 is 0 Å². The molecule has 2 aromatic carbocycles. The molecule has 0 spiro atoms. The zero-order valence-corrected chi connectivity index (χ0v) is 19.2. The van der Waals surface area contributed by atoms with Gasteiger partial charge in [0, 0.05) is 6.54 Å². The van der Waals surface area contributed by atoms with Crippen molar-refractivity contribution in [1.82, 2.24) is 10.0 Å². The van der Waals surface area contributed by atoms with Crippen molar-refractivity contribution in [1.29, 1.82) is 0 Å². The van der Waals surface area contributed by atoms with E-state index in [1.165, 1.54) is 0 Å². The van der Waals surface area contributed by atoms with Crippen molar-refractivity contribution < 1.29 is 28.6 Å². The Labute approximate surface area is 194 Å². The number of rotatable bonds is 5. The van der Waals surface area contributed by atoms with Crippen molar-refractivity contribution in [2.45, 2.75) is 58.5 Å². The lowest BCUT2D eigenvalue weighted by molar-refractivity contribution is -0.170. The van der Waals surface area contributed by atoms with Crippen LogP contribution in [0.3, 0.4) is 0 Å². The van der Waals surface area contributed by atoms with Gasteiger partial charge in [0.15, 0.2) is 6.04 Å². The molecule has 176 valence electrons. The zero-order chi connectivity index (χ0) is 23.8. The van der Waals surface area contributed by atoms with Gasteiger partial charge in [-0.2, -0.15) is 5.01 Å². The second kappa shape index (κ2) is 10.8. The summed E-state index contributed by atoms with van der Waals surface area (Å²) in [5, 5.41) is 2.17. The number of nitrogens with zero attached hydrogens (tertiary/aromatic N) is 2. The summed E-state index contributed by atoms with van der Waals surface area (Å²) in [6, 6.07) is 17.4. The van der Waals surface area contributed by atoms with E-state index < -0.39 is 29.8 Å². The molecule has 3 rings (SSSR count). The first-order valence-electron chi connectivity index (χ1n) is 11.0. The molecule has 1 heterocycles. The highest BCUT2D eigenvalue weighted by Gasteiger charge is 2.43. The maximum atomic E-state index is 13.1. The van der Waals surface area contributed by atoms with Crippen molar-refractivity contribution in [3.05, 3.63) is 71.8 Å². The fourth-order valence-corrected chi connectivity index (χ4v) is 3.40. The summed E-state index contributed by atoms with van der Waals surface area (Å²) < 4.78 is 16.4. The highest BCUT2D eigenvalue weighted by Crippen LogP contribution is 2.24. The minimum absolute atomic E-state index is 0.00408. The smallest absolute Gasteiger partial charge is 0.430 e. The number of carbonyl (C=O) groups excluding carboxylic acids is 3. The van der Waals surface area contributed by atoms with E-state index in [-0.39, 0.29) is 19.8 Å². The van der Waals surface area contributed by atoms with Crippen LogP contribution in [0.5, 0.6) is 0 Å². The van der Waals surface area contributed by atoms with Crippen molar-refractivity contribution in [2.24, 2.45) is 0 Å². The summed E-state index contributed by atoms with van der Waals surface area (Å²) in [4.78, 5) is 38.9. The Balaban J connectivity index is 1.76. The molecule has 8 heteroatoms. The predicted molar refractivity (Wildman–Crippen MR) is 121 cm³/mol. The first-order valence-corrected chi connectivity index (χ1v) is 11.0. The molecule has 1 fully saturated rings. The van der Waals surface area contributed by atoms with E-state index in [1.54, 1.807) is 20.8 Å². The normalized spacial score (nSPS) is 16.2. The molecule has 0 saturated carbocycles. The van der Waals surface area contributed by atoms with E-state index in [0.29, 0.717) is 12.8 Å². The maximum Gasteiger partial charge on any atom is 0.430 e. The number of hydrogen-bond donors (Lipinski definition) is 0.